The first kappa shape index (κ1) is 18.1. The molecular formula is C17H30N2O2. The topological polar surface area (TPSA) is 47.7 Å². The summed E-state index contributed by atoms with van der Waals surface area (Å²) < 4.78 is 10.3. The smallest absolute Gasteiger partial charge is 0.0589 e. The molecule has 0 heterocycles. The number of ether oxygens (including phenoxy) is 2. The number of nitrogens with two attached hydrogens (primary N) is 1. The van der Waals surface area contributed by atoms with Crippen LogP contribution in [-0.2, 0) is 9.47 Å². The molecule has 4 heteroatoms. The lowest BCUT2D eigenvalue weighted by atomic mass is 10.0. The highest BCUT2D eigenvalue weighted by atomic mass is 16.5. The van der Waals surface area contributed by atoms with Crippen molar-refractivity contribution in [1.82, 2.24) is 4.90 Å². The van der Waals surface area contributed by atoms with Gasteiger partial charge in [0.05, 0.1) is 6.61 Å². The molecule has 0 amide bonds. The lowest BCUT2D eigenvalue weighted by Crippen LogP contribution is -2.35. The van der Waals surface area contributed by atoms with Crippen molar-refractivity contribution in [2.24, 2.45) is 5.73 Å². The van der Waals surface area contributed by atoms with E-state index < -0.39 is 0 Å². The summed E-state index contributed by atoms with van der Waals surface area (Å²) in [6, 6.07) is 6.57. The van der Waals surface area contributed by atoms with Gasteiger partial charge < -0.3 is 15.2 Å². The van der Waals surface area contributed by atoms with Crippen LogP contribution in [0.15, 0.2) is 18.2 Å². The fourth-order valence-electron chi connectivity index (χ4n) is 2.55. The first-order chi connectivity index (χ1) is 10.1. The second-order valence-corrected chi connectivity index (χ2v) is 5.67. The van der Waals surface area contributed by atoms with E-state index in [1.165, 1.54) is 16.7 Å². The lowest BCUT2D eigenvalue weighted by molar-refractivity contribution is 0.129. The van der Waals surface area contributed by atoms with Crippen LogP contribution in [0.3, 0.4) is 0 Å². The van der Waals surface area contributed by atoms with E-state index in [1.807, 2.05) is 0 Å². The van der Waals surface area contributed by atoms with Gasteiger partial charge in [-0.15, -0.1) is 0 Å². The number of rotatable bonds is 10. The Morgan fingerprint density at radius 2 is 1.62 bits per heavy atom. The van der Waals surface area contributed by atoms with Crippen LogP contribution < -0.4 is 5.73 Å². The molecule has 1 atom stereocenters. The summed E-state index contributed by atoms with van der Waals surface area (Å²) in [6.07, 6.45) is 1.01. The van der Waals surface area contributed by atoms with Gasteiger partial charge in [-0.3, -0.25) is 4.90 Å². The Kier molecular flexibility index (Phi) is 8.54. The molecule has 21 heavy (non-hydrogen) atoms. The normalized spacial score (nSPS) is 12.9. The average Bonchev–Trinajstić information content (AvgIpc) is 2.43. The molecule has 0 aromatic heterocycles. The Hall–Kier alpha value is -0.940. The van der Waals surface area contributed by atoms with Crippen molar-refractivity contribution in [3.63, 3.8) is 0 Å². The lowest BCUT2D eigenvalue weighted by Gasteiger charge is -2.26. The highest BCUT2D eigenvalue weighted by molar-refractivity contribution is 5.30. The number of benzene rings is 1. The van der Waals surface area contributed by atoms with Crippen molar-refractivity contribution in [3.8, 4) is 0 Å². The average molecular weight is 294 g/mol. The molecule has 1 aromatic rings. The minimum Gasteiger partial charge on any atom is -0.385 e. The van der Waals surface area contributed by atoms with Crippen molar-refractivity contribution in [2.45, 2.75) is 26.3 Å². The summed E-state index contributed by atoms with van der Waals surface area (Å²) >= 11 is 0. The largest absolute Gasteiger partial charge is 0.385 e. The van der Waals surface area contributed by atoms with Crippen molar-refractivity contribution >= 4 is 0 Å². The van der Waals surface area contributed by atoms with Gasteiger partial charge in [0.2, 0.25) is 0 Å². The Bertz CT molecular complexity index is 390. The second-order valence-electron chi connectivity index (χ2n) is 5.67. The van der Waals surface area contributed by atoms with Crippen molar-refractivity contribution < 1.29 is 9.47 Å². The zero-order valence-corrected chi connectivity index (χ0v) is 13.9. The summed E-state index contributed by atoms with van der Waals surface area (Å²) in [4.78, 5) is 2.35. The fourth-order valence-corrected chi connectivity index (χ4v) is 2.55. The van der Waals surface area contributed by atoms with Crippen LogP contribution in [0.4, 0.5) is 0 Å². The Balaban J connectivity index is 2.62. The molecule has 4 nitrogen and oxygen atoms in total. The quantitative estimate of drug-likeness (QED) is 0.673. The molecule has 1 aromatic carbocycles. The van der Waals surface area contributed by atoms with E-state index in [1.54, 1.807) is 14.2 Å². The third-order valence-electron chi connectivity index (χ3n) is 3.56. The van der Waals surface area contributed by atoms with Gasteiger partial charge in [0.25, 0.3) is 0 Å². The second kappa shape index (κ2) is 9.90. The Labute approximate surface area is 129 Å². The van der Waals surface area contributed by atoms with Crippen LogP contribution in [-0.4, -0.2) is 52.0 Å². The van der Waals surface area contributed by atoms with Gasteiger partial charge in [-0.2, -0.15) is 0 Å². The van der Waals surface area contributed by atoms with Gasteiger partial charge in [-0.1, -0.05) is 29.3 Å². The number of methoxy groups -OCH3 is 2. The van der Waals surface area contributed by atoms with Gasteiger partial charge >= 0.3 is 0 Å². The van der Waals surface area contributed by atoms with Crippen molar-refractivity contribution in [2.75, 3.05) is 47.1 Å². The van der Waals surface area contributed by atoms with Gasteiger partial charge in [0.1, 0.15) is 0 Å². The maximum absolute atomic E-state index is 6.40. The first-order valence-electron chi connectivity index (χ1n) is 7.60. The molecule has 0 aliphatic carbocycles. The third-order valence-corrected chi connectivity index (χ3v) is 3.56. The summed E-state index contributed by atoms with van der Waals surface area (Å²) in [5, 5.41) is 0. The molecule has 0 saturated carbocycles. The molecule has 0 radical (unpaired) electrons. The van der Waals surface area contributed by atoms with Gasteiger partial charge in [0.15, 0.2) is 0 Å². The third kappa shape index (κ3) is 7.05. The van der Waals surface area contributed by atoms with E-state index >= 15 is 0 Å². The number of hydrogen-bond acceptors (Lipinski definition) is 4. The van der Waals surface area contributed by atoms with E-state index in [-0.39, 0.29) is 6.04 Å². The van der Waals surface area contributed by atoms with Crippen LogP contribution in [0.5, 0.6) is 0 Å². The van der Waals surface area contributed by atoms with Gasteiger partial charge in [-0.05, 0) is 25.8 Å². The molecule has 0 aliphatic rings. The molecular weight excluding hydrogens is 264 g/mol. The number of aryl methyl sites for hydroxylation is 2. The summed E-state index contributed by atoms with van der Waals surface area (Å²) in [5.41, 5.74) is 10.1. The van der Waals surface area contributed by atoms with Crippen LogP contribution >= 0.6 is 0 Å². The first-order valence-corrected chi connectivity index (χ1v) is 7.60. The predicted octanol–water partition coefficient (Wildman–Crippen LogP) is 2.29. The van der Waals surface area contributed by atoms with E-state index in [9.17, 15) is 0 Å². The summed E-state index contributed by atoms with van der Waals surface area (Å²) in [5.74, 6) is 0. The highest BCUT2D eigenvalue weighted by Gasteiger charge is 2.13. The monoisotopic (exact) mass is 294 g/mol. The molecule has 120 valence electrons. The van der Waals surface area contributed by atoms with Crippen molar-refractivity contribution in [1.29, 1.82) is 0 Å². The Morgan fingerprint density at radius 1 is 1.00 bits per heavy atom. The van der Waals surface area contributed by atoms with E-state index in [0.29, 0.717) is 0 Å². The maximum Gasteiger partial charge on any atom is 0.0589 e. The van der Waals surface area contributed by atoms with E-state index in [0.717, 1.165) is 39.3 Å². The summed E-state index contributed by atoms with van der Waals surface area (Å²) in [6.45, 7) is 8.47. The van der Waals surface area contributed by atoms with Crippen LogP contribution in [0.25, 0.3) is 0 Å². The molecule has 1 unspecified atom stereocenters. The molecule has 0 fully saturated rings. The molecule has 0 spiro atoms. The highest BCUT2D eigenvalue weighted by Crippen LogP contribution is 2.16. The van der Waals surface area contributed by atoms with E-state index in [4.69, 9.17) is 15.2 Å². The Morgan fingerprint density at radius 3 is 2.19 bits per heavy atom. The SMILES string of the molecule is COCCCN(CCOC)CC(N)c1cc(C)cc(C)c1. The van der Waals surface area contributed by atoms with E-state index in [2.05, 4.69) is 36.9 Å². The van der Waals surface area contributed by atoms with Gasteiger partial charge in [0, 0.05) is 46.5 Å². The van der Waals surface area contributed by atoms with Crippen LogP contribution in [0.1, 0.15) is 29.2 Å². The molecule has 1 rings (SSSR count). The molecule has 0 aliphatic heterocycles. The standard InChI is InChI=1S/C17H30N2O2/c1-14-10-15(2)12-16(11-14)17(18)13-19(7-9-21-4)6-5-8-20-3/h10-12,17H,5-9,13,18H2,1-4H3. The number of nitrogens with zero attached hydrogens (tertiary/aromatic N) is 1. The predicted molar refractivity (Wildman–Crippen MR) is 87.7 cm³/mol. The fraction of sp³-hybridized carbons (Fsp3) is 0.647. The number of hydrogen-bond donors (Lipinski definition) is 1. The van der Waals surface area contributed by atoms with Crippen molar-refractivity contribution in [3.05, 3.63) is 34.9 Å². The maximum atomic E-state index is 6.40. The minimum atomic E-state index is 0.0306. The van der Waals surface area contributed by atoms with Crippen LogP contribution in [0.2, 0.25) is 0 Å². The molecule has 0 saturated heterocycles. The zero-order valence-electron chi connectivity index (χ0n) is 13.9. The molecule has 0 bridgehead atoms. The summed E-state index contributed by atoms with van der Waals surface area (Å²) in [7, 11) is 3.47. The van der Waals surface area contributed by atoms with Gasteiger partial charge in [-0.25, -0.2) is 0 Å². The minimum absolute atomic E-state index is 0.0306. The van der Waals surface area contributed by atoms with Crippen LogP contribution in [0, 0.1) is 13.8 Å². The molecule has 2 N–H and O–H groups in total. The zero-order chi connectivity index (χ0) is 15.7.